The molecule has 0 atom stereocenters. The van der Waals surface area contributed by atoms with E-state index in [9.17, 15) is 4.79 Å². The lowest BCUT2D eigenvalue weighted by Gasteiger charge is -2.29. The number of carbonyl (C=O) groups excluding carboxylic acids is 1. The third-order valence-electron chi connectivity index (χ3n) is 6.09. The van der Waals surface area contributed by atoms with Crippen LogP contribution in [0.3, 0.4) is 0 Å². The number of anilines is 2. The summed E-state index contributed by atoms with van der Waals surface area (Å²) < 4.78 is 5.45. The summed E-state index contributed by atoms with van der Waals surface area (Å²) in [5.41, 5.74) is 7.88. The molecule has 1 saturated heterocycles. The summed E-state index contributed by atoms with van der Waals surface area (Å²) in [4.78, 5) is 19.9. The van der Waals surface area contributed by atoms with Crippen LogP contribution in [0.2, 0.25) is 0 Å². The Balaban J connectivity index is 1.35. The standard InChI is InChI=1S/C28H27N3O2S/c1-19-6-7-23(16-26(19)21-8-10-22(11-9-21)27-18-34-20(2)29-27)28(32)30-24-4-3-5-25(17-24)31-12-14-33-15-13-31/h3-11,16-18H,12-15H2,1-2H3,(H,30,32). The van der Waals surface area contributed by atoms with Gasteiger partial charge in [0.2, 0.25) is 0 Å². The molecule has 0 aliphatic carbocycles. The van der Waals surface area contributed by atoms with Crippen molar-refractivity contribution in [3.05, 3.63) is 88.2 Å². The second-order valence-corrected chi connectivity index (χ2v) is 9.52. The molecule has 0 bridgehead atoms. The second kappa shape index (κ2) is 9.79. The van der Waals surface area contributed by atoms with Gasteiger partial charge in [0.15, 0.2) is 0 Å². The average molecular weight is 470 g/mol. The van der Waals surface area contributed by atoms with Crippen LogP contribution in [-0.4, -0.2) is 37.2 Å². The van der Waals surface area contributed by atoms with Gasteiger partial charge in [-0.05, 0) is 60.9 Å². The molecule has 6 heteroatoms. The van der Waals surface area contributed by atoms with E-state index in [1.165, 1.54) is 0 Å². The number of hydrogen-bond acceptors (Lipinski definition) is 5. The molecule has 0 radical (unpaired) electrons. The molecule has 0 saturated carbocycles. The van der Waals surface area contributed by atoms with Gasteiger partial charge in [-0.1, -0.05) is 36.4 Å². The van der Waals surface area contributed by atoms with E-state index in [0.29, 0.717) is 5.56 Å². The van der Waals surface area contributed by atoms with Crippen LogP contribution in [0.15, 0.2) is 72.1 Å². The molecule has 1 aliphatic heterocycles. The van der Waals surface area contributed by atoms with E-state index in [1.54, 1.807) is 11.3 Å². The third kappa shape index (κ3) is 4.88. The van der Waals surface area contributed by atoms with Crippen LogP contribution in [0.5, 0.6) is 0 Å². The fraction of sp³-hybridized carbons (Fsp3) is 0.214. The van der Waals surface area contributed by atoms with E-state index in [0.717, 1.165) is 70.6 Å². The highest BCUT2D eigenvalue weighted by Crippen LogP contribution is 2.29. The van der Waals surface area contributed by atoms with Gasteiger partial charge < -0.3 is 15.0 Å². The highest BCUT2D eigenvalue weighted by Gasteiger charge is 2.14. The molecule has 1 amide bonds. The Bertz CT molecular complexity index is 1310. The molecular formula is C28H27N3O2S. The number of aromatic nitrogens is 1. The maximum atomic E-state index is 13.1. The summed E-state index contributed by atoms with van der Waals surface area (Å²) in [6, 6.07) is 22.2. The molecule has 1 aliphatic rings. The minimum Gasteiger partial charge on any atom is -0.378 e. The zero-order valence-corrected chi connectivity index (χ0v) is 20.2. The number of amides is 1. The first kappa shape index (κ1) is 22.3. The van der Waals surface area contributed by atoms with Crippen molar-refractivity contribution >= 4 is 28.6 Å². The van der Waals surface area contributed by atoms with Gasteiger partial charge in [0.05, 0.1) is 23.9 Å². The normalized spacial score (nSPS) is 13.6. The molecule has 1 aromatic heterocycles. The number of rotatable bonds is 5. The first-order valence-corrected chi connectivity index (χ1v) is 12.3. The van der Waals surface area contributed by atoms with Crippen LogP contribution in [0, 0.1) is 13.8 Å². The van der Waals surface area contributed by atoms with Gasteiger partial charge in [0, 0.05) is 41.0 Å². The molecule has 4 aromatic rings. The first-order valence-electron chi connectivity index (χ1n) is 11.4. The molecule has 34 heavy (non-hydrogen) atoms. The molecule has 172 valence electrons. The molecular weight excluding hydrogens is 442 g/mol. The number of morpholine rings is 1. The molecule has 1 fully saturated rings. The Morgan fingerprint density at radius 2 is 1.74 bits per heavy atom. The van der Waals surface area contributed by atoms with Gasteiger partial charge in [-0.15, -0.1) is 11.3 Å². The summed E-state index contributed by atoms with van der Waals surface area (Å²) in [5.74, 6) is -0.116. The molecule has 5 rings (SSSR count). The van der Waals surface area contributed by atoms with Gasteiger partial charge >= 0.3 is 0 Å². The van der Waals surface area contributed by atoms with Crippen molar-refractivity contribution < 1.29 is 9.53 Å². The Labute approximate surface area is 204 Å². The maximum Gasteiger partial charge on any atom is 0.255 e. The van der Waals surface area contributed by atoms with Crippen molar-refractivity contribution in [1.29, 1.82) is 0 Å². The number of carbonyl (C=O) groups is 1. The molecule has 0 unspecified atom stereocenters. The number of hydrogen-bond donors (Lipinski definition) is 1. The van der Waals surface area contributed by atoms with Crippen LogP contribution in [0.4, 0.5) is 11.4 Å². The van der Waals surface area contributed by atoms with Crippen LogP contribution in [-0.2, 0) is 4.74 Å². The predicted octanol–water partition coefficient (Wildman–Crippen LogP) is 6.18. The van der Waals surface area contributed by atoms with E-state index in [1.807, 2.05) is 43.3 Å². The van der Waals surface area contributed by atoms with Crippen molar-refractivity contribution in [2.45, 2.75) is 13.8 Å². The SMILES string of the molecule is Cc1nc(-c2ccc(-c3cc(C(=O)Nc4cccc(N5CCOCC5)c4)ccc3C)cc2)cs1. The number of nitrogens with one attached hydrogen (secondary N) is 1. The monoisotopic (exact) mass is 469 g/mol. The topological polar surface area (TPSA) is 54.5 Å². The lowest BCUT2D eigenvalue weighted by Crippen LogP contribution is -2.36. The highest BCUT2D eigenvalue weighted by atomic mass is 32.1. The van der Waals surface area contributed by atoms with Gasteiger partial charge in [-0.3, -0.25) is 4.79 Å². The van der Waals surface area contributed by atoms with Crippen LogP contribution < -0.4 is 10.2 Å². The van der Waals surface area contributed by atoms with E-state index in [4.69, 9.17) is 4.74 Å². The Morgan fingerprint density at radius 1 is 0.971 bits per heavy atom. The van der Waals surface area contributed by atoms with Gasteiger partial charge in [0.25, 0.3) is 5.91 Å². The van der Waals surface area contributed by atoms with E-state index in [-0.39, 0.29) is 5.91 Å². The molecule has 1 N–H and O–H groups in total. The highest BCUT2D eigenvalue weighted by molar-refractivity contribution is 7.09. The zero-order chi connectivity index (χ0) is 23.5. The third-order valence-corrected chi connectivity index (χ3v) is 6.86. The van der Waals surface area contributed by atoms with E-state index < -0.39 is 0 Å². The molecule has 2 heterocycles. The predicted molar refractivity (Wildman–Crippen MR) is 140 cm³/mol. The number of aryl methyl sites for hydroxylation is 2. The number of ether oxygens (including phenoxy) is 1. The van der Waals surface area contributed by atoms with Crippen molar-refractivity contribution in [1.82, 2.24) is 4.98 Å². The van der Waals surface area contributed by atoms with Crippen LogP contribution in [0.25, 0.3) is 22.4 Å². The summed E-state index contributed by atoms with van der Waals surface area (Å²) in [6.45, 7) is 7.27. The number of thiazole rings is 1. The number of benzene rings is 3. The van der Waals surface area contributed by atoms with Crippen molar-refractivity contribution in [2.75, 3.05) is 36.5 Å². The summed E-state index contributed by atoms with van der Waals surface area (Å²) in [6.07, 6.45) is 0. The van der Waals surface area contributed by atoms with Crippen LogP contribution in [0.1, 0.15) is 20.9 Å². The largest absolute Gasteiger partial charge is 0.378 e. The van der Waals surface area contributed by atoms with E-state index in [2.05, 4.69) is 57.8 Å². The zero-order valence-electron chi connectivity index (χ0n) is 19.4. The fourth-order valence-electron chi connectivity index (χ4n) is 4.20. The van der Waals surface area contributed by atoms with Gasteiger partial charge in [-0.2, -0.15) is 0 Å². The number of nitrogens with zero attached hydrogens (tertiary/aromatic N) is 2. The van der Waals surface area contributed by atoms with Crippen molar-refractivity contribution in [3.63, 3.8) is 0 Å². The quantitative estimate of drug-likeness (QED) is 0.379. The summed E-state index contributed by atoms with van der Waals surface area (Å²) in [5, 5.41) is 6.20. The molecule has 3 aromatic carbocycles. The molecule has 0 spiro atoms. The average Bonchev–Trinajstić information content (AvgIpc) is 3.31. The first-order chi connectivity index (χ1) is 16.6. The minimum absolute atomic E-state index is 0.116. The maximum absolute atomic E-state index is 13.1. The lowest BCUT2D eigenvalue weighted by molar-refractivity contribution is 0.102. The molecule has 5 nitrogen and oxygen atoms in total. The van der Waals surface area contributed by atoms with Crippen molar-refractivity contribution in [2.24, 2.45) is 0 Å². The smallest absolute Gasteiger partial charge is 0.255 e. The van der Waals surface area contributed by atoms with Crippen molar-refractivity contribution in [3.8, 4) is 22.4 Å². The fourth-order valence-corrected chi connectivity index (χ4v) is 4.82. The Hall–Kier alpha value is -3.48. The lowest BCUT2D eigenvalue weighted by atomic mass is 9.96. The van der Waals surface area contributed by atoms with Gasteiger partial charge in [-0.25, -0.2) is 4.98 Å². The Kier molecular flexibility index (Phi) is 6.43. The summed E-state index contributed by atoms with van der Waals surface area (Å²) >= 11 is 1.65. The Morgan fingerprint density at radius 3 is 2.47 bits per heavy atom. The second-order valence-electron chi connectivity index (χ2n) is 8.46. The summed E-state index contributed by atoms with van der Waals surface area (Å²) in [7, 11) is 0. The van der Waals surface area contributed by atoms with E-state index >= 15 is 0 Å². The van der Waals surface area contributed by atoms with Crippen LogP contribution >= 0.6 is 11.3 Å². The van der Waals surface area contributed by atoms with Gasteiger partial charge in [0.1, 0.15) is 0 Å². The minimum atomic E-state index is -0.116.